The minimum Gasteiger partial charge on any atom is -0.481 e. The highest BCUT2D eigenvalue weighted by Gasteiger charge is 2.37. The highest BCUT2D eigenvalue weighted by molar-refractivity contribution is 9.10. The van der Waals surface area contributed by atoms with Gasteiger partial charge in [0, 0.05) is 18.8 Å². The highest BCUT2D eigenvalue weighted by Crippen LogP contribution is 2.31. The second kappa shape index (κ2) is 6.65. The minimum atomic E-state index is -0.996. The molecule has 1 aromatic heterocycles. The lowest BCUT2D eigenvalue weighted by atomic mass is 9.79. The summed E-state index contributed by atoms with van der Waals surface area (Å²) >= 11 is 3.27. The first-order chi connectivity index (χ1) is 8.95. The molecule has 0 aliphatic carbocycles. The summed E-state index contributed by atoms with van der Waals surface area (Å²) in [5.74, 6) is -1.24. The smallest absolute Gasteiger partial charge is 0.310 e. The Labute approximate surface area is 120 Å². The molecule has 5 nitrogen and oxygen atoms in total. The molecule has 1 amide bonds. The summed E-state index contributed by atoms with van der Waals surface area (Å²) in [6.45, 7) is 3.57. The van der Waals surface area contributed by atoms with Crippen molar-refractivity contribution in [2.75, 3.05) is 5.32 Å². The lowest BCUT2D eigenvalue weighted by molar-refractivity contribution is -0.151. The molecular formula is C13H17BrN2O3. The van der Waals surface area contributed by atoms with E-state index in [1.54, 1.807) is 32.3 Å². The van der Waals surface area contributed by atoms with E-state index in [0.717, 1.165) is 0 Å². The fraction of sp³-hybridized carbons (Fsp3) is 0.462. The van der Waals surface area contributed by atoms with Gasteiger partial charge in [0.05, 0.1) is 15.6 Å². The van der Waals surface area contributed by atoms with Crippen LogP contribution in [0.3, 0.4) is 0 Å². The third-order valence-electron chi connectivity index (χ3n) is 3.35. The number of hydrogen-bond acceptors (Lipinski definition) is 3. The average Bonchev–Trinajstić information content (AvgIpc) is 2.38. The van der Waals surface area contributed by atoms with Crippen molar-refractivity contribution in [3.63, 3.8) is 0 Å². The maximum Gasteiger partial charge on any atom is 0.310 e. The first kappa shape index (κ1) is 15.6. The van der Waals surface area contributed by atoms with Crippen LogP contribution in [0.2, 0.25) is 0 Å². The van der Waals surface area contributed by atoms with Crippen LogP contribution in [0.15, 0.2) is 22.9 Å². The highest BCUT2D eigenvalue weighted by atomic mass is 79.9. The molecular weight excluding hydrogens is 312 g/mol. The van der Waals surface area contributed by atoms with Gasteiger partial charge in [-0.1, -0.05) is 13.8 Å². The van der Waals surface area contributed by atoms with Crippen LogP contribution in [-0.2, 0) is 9.59 Å². The standard InChI is InChI=1S/C13H17BrN2O3/c1-3-13(4-2,12(18)19)7-11(17)16-10-5-6-15-8-9(10)14/h5-6,8H,3-4,7H2,1-2H3,(H,18,19)(H,15,16,17). The van der Waals surface area contributed by atoms with Gasteiger partial charge in [-0.05, 0) is 34.8 Å². The molecule has 1 aromatic rings. The molecule has 2 N–H and O–H groups in total. The Morgan fingerprint density at radius 2 is 2.05 bits per heavy atom. The number of aliphatic carboxylic acids is 1. The Balaban J connectivity index is 2.80. The molecule has 19 heavy (non-hydrogen) atoms. The third-order valence-corrected chi connectivity index (χ3v) is 3.98. The van der Waals surface area contributed by atoms with Crippen LogP contribution >= 0.6 is 15.9 Å². The number of halogens is 1. The molecule has 0 fully saturated rings. The quantitative estimate of drug-likeness (QED) is 0.841. The van der Waals surface area contributed by atoms with Gasteiger partial charge in [0.2, 0.25) is 5.91 Å². The summed E-state index contributed by atoms with van der Waals surface area (Å²) in [4.78, 5) is 27.2. The number of anilines is 1. The van der Waals surface area contributed by atoms with E-state index >= 15 is 0 Å². The number of pyridine rings is 1. The molecule has 1 rings (SSSR count). The van der Waals surface area contributed by atoms with Crippen molar-refractivity contribution in [1.82, 2.24) is 4.98 Å². The van der Waals surface area contributed by atoms with Crippen molar-refractivity contribution >= 4 is 33.5 Å². The largest absolute Gasteiger partial charge is 0.481 e. The second-order valence-corrected chi connectivity index (χ2v) is 5.23. The fourth-order valence-corrected chi connectivity index (χ4v) is 2.21. The van der Waals surface area contributed by atoms with E-state index < -0.39 is 11.4 Å². The summed E-state index contributed by atoms with van der Waals surface area (Å²) in [5, 5.41) is 12.0. The van der Waals surface area contributed by atoms with Gasteiger partial charge in [-0.25, -0.2) is 0 Å². The first-order valence-corrected chi connectivity index (χ1v) is 6.87. The zero-order chi connectivity index (χ0) is 14.5. The van der Waals surface area contributed by atoms with Crippen LogP contribution in [-0.4, -0.2) is 22.0 Å². The Kier molecular flexibility index (Phi) is 5.47. The van der Waals surface area contributed by atoms with Crippen molar-refractivity contribution in [3.05, 3.63) is 22.9 Å². The van der Waals surface area contributed by atoms with E-state index in [1.165, 1.54) is 0 Å². The molecule has 104 valence electrons. The van der Waals surface area contributed by atoms with Crippen LogP contribution in [0.1, 0.15) is 33.1 Å². The number of nitrogens with zero attached hydrogens (tertiary/aromatic N) is 1. The normalized spacial score (nSPS) is 11.1. The molecule has 0 aromatic carbocycles. The van der Waals surface area contributed by atoms with Crippen molar-refractivity contribution in [2.45, 2.75) is 33.1 Å². The molecule has 0 aliphatic rings. The van der Waals surface area contributed by atoms with Crippen molar-refractivity contribution in [3.8, 4) is 0 Å². The molecule has 0 unspecified atom stereocenters. The van der Waals surface area contributed by atoms with E-state index in [1.807, 2.05) is 0 Å². The molecule has 0 saturated heterocycles. The van der Waals surface area contributed by atoms with E-state index in [4.69, 9.17) is 0 Å². The molecule has 0 radical (unpaired) electrons. The SMILES string of the molecule is CCC(CC)(CC(=O)Nc1ccncc1Br)C(=O)O. The maximum atomic E-state index is 12.0. The number of carbonyl (C=O) groups is 2. The summed E-state index contributed by atoms with van der Waals surface area (Å²) < 4.78 is 0.664. The number of amides is 1. The van der Waals surface area contributed by atoms with Gasteiger partial charge < -0.3 is 10.4 Å². The monoisotopic (exact) mass is 328 g/mol. The van der Waals surface area contributed by atoms with Crippen LogP contribution in [0.5, 0.6) is 0 Å². The second-order valence-electron chi connectivity index (χ2n) is 4.37. The molecule has 0 aliphatic heterocycles. The number of carbonyl (C=O) groups excluding carboxylic acids is 1. The van der Waals surface area contributed by atoms with Gasteiger partial charge in [0.25, 0.3) is 0 Å². The van der Waals surface area contributed by atoms with Crippen molar-refractivity contribution in [2.24, 2.45) is 5.41 Å². The molecule has 0 bridgehead atoms. The Morgan fingerprint density at radius 1 is 1.42 bits per heavy atom. The van der Waals surface area contributed by atoms with Gasteiger partial charge >= 0.3 is 5.97 Å². The number of carboxylic acids is 1. The third kappa shape index (κ3) is 3.76. The van der Waals surface area contributed by atoms with Crippen molar-refractivity contribution in [1.29, 1.82) is 0 Å². The number of carboxylic acid groups (broad SMARTS) is 1. The number of rotatable bonds is 6. The minimum absolute atomic E-state index is 0.0376. The zero-order valence-corrected chi connectivity index (χ0v) is 12.5. The van der Waals surface area contributed by atoms with Gasteiger partial charge in [0.15, 0.2) is 0 Å². The summed E-state index contributed by atoms with van der Waals surface area (Å²) in [5.41, 5.74) is -0.407. The number of aromatic nitrogens is 1. The lowest BCUT2D eigenvalue weighted by Gasteiger charge is -2.25. The molecule has 6 heteroatoms. The van der Waals surface area contributed by atoms with Crippen LogP contribution < -0.4 is 5.32 Å². The average molecular weight is 329 g/mol. The zero-order valence-electron chi connectivity index (χ0n) is 10.9. The summed E-state index contributed by atoms with van der Waals surface area (Å²) in [6, 6.07) is 1.66. The van der Waals surface area contributed by atoms with Gasteiger partial charge in [-0.3, -0.25) is 14.6 Å². The van der Waals surface area contributed by atoms with Crippen LogP contribution in [0, 0.1) is 5.41 Å². The molecule has 0 spiro atoms. The molecule has 1 heterocycles. The van der Waals surface area contributed by atoms with E-state index in [9.17, 15) is 14.7 Å². The van der Waals surface area contributed by atoms with E-state index in [-0.39, 0.29) is 12.3 Å². The van der Waals surface area contributed by atoms with E-state index in [0.29, 0.717) is 23.0 Å². The Hall–Kier alpha value is -1.43. The Bertz CT molecular complexity index is 473. The van der Waals surface area contributed by atoms with Crippen molar-refractivity contribution < 1.29 is 14.7 Å². The molecule has 0 saturated carbocycles. The predicted octanol–water partition coefficient (Wildman–Crippen LogP) is 3.06. The van der Waals surface area contributed by atoms with E-state index in [2.05, 4.69) is 26.2 Å². The number of hydrogen-bond donors (Lipinski definition) is 2. The maximum absolute atomic E-state index is 12.0. The van der Waals surface area contributed by atoms with Gasteiger partial charge in [0.1, 0.15) is 0 Å². The van der Waals surface area contributed by atoms with Gasteiger partial charge in [-0.15, -0.1) is 0 Å². The molecule has 0 atom stereocenters. The van der Waals surface area contributed by atoms with Gasteiger partial charge in [-0.2, -0.15) is 0 Å². The van der Waals surface area contributed by atoms with Crippen LogP contribution in [0.25, 0.3) is 0 Å². The number of nitrogens with one attached hydrogen (secondary N) is 1. The topological polar surface area (TPSA) is 79.3 Å². The Morgan fingerprint density at radius 3 is 2.53 bits per heavy atom. The summed E-state index contributed by atoms with van der Waals surface area (Å²) in [6.07, 6.45) is 3.93. The fourth-order valence-electron chi connectivity index (χ4n) is 1.86. The summed E-state index contributed by atoms with van der Waals surface area (Å²) in [7, 11) is 0. The first-order valence-electron chi connectivity index (χ1n) is 6.08. The predicted molar refractivity (Wildman–Crippen MR) is 75.8 cm³/mol. The lowest BCUT2D eigenvalue weighted by Crippen LogP contribution is -2.34. The van der Waals surface area contributed by atoms with Crippen LogP contribution in [0.4, 0.5) is 5.69 Å².